The predicted octanol–water partition coefficient (Wildman–Crippen LogP) is 3.12. The largest absolute Gasteiger partial charge is 0.504 e. The van der Waals surface area contributed by atoms with Crippen LogP contribution in [0.1, 0.15) is 11.5 Å². The second-order valence-corrected chi connectivity index (χ2v) is 4.19. The Morgan fingerprint density at radius 2 is 1.78 bits per heavy atom. The summed E-state index contributed by atoms with van der Waals surface area (Å²) in [4.78, 5) is 0. The number of furan rings is 1. The van der Waals surface area contributed by atoms with Gasteiger partial charge in [-0.2, -0.15) is 0 Å². The highest BCUT2D eigenvalue weighted by molar-refractivity contribution is 5.86. The van der Waals surface area contributed by atoms with Crippen LogP contribution in [-0.2, 0) is 0 Å². The quantitative estimate of drug-likeness (QED) is 0.644. The molecule has 0 atom stereocenters. The average Bonchev–Trinajstić information content (AvgIpc) is 2.83. The van der Waals surface area contributed by atoms with Crippen LogP contribution in [0.4, 0.5) is 0 Å². The van der Waals surface area contributed by atoms with Gasteiger partial charge in [-0.05, 0) is 26.0 Å². The van der Waals surface area contributed by atoms with Crippen LogP contribution in [0.2, 0.25) is 0 Å². The molecule has 5 heteroatoms. The molecule has 1 aromatic carbocycles. The third kappa shape index (κ3) is 1.44. The molecule has 0 fully saturated rings. The molecular formula is C13H11NO4. The fourth-order valence-corrected chi connectivity index (χ4v) is 2.02. The number of aromatic hydroxyl groups is 2. The molecule has 0 spiro atoms. The van der Waals surface area contributed by atoms with E-state index in [0.29, 0.717) is 22.5 Å². The minimum Gasteiger partial charge on any atom is -0.504 e. The van der Waals surface area contributed by atoms with E-state index in [4.69, 9.17) is 8.94 Å². The Kier molecular flexibility index (Phi) is 2.10. The zero-order chi connectivity index (χ0) is 12.9. The topological polar surface area (TPSA) is 79.6 Å². The minimum atomic E-state index is -0.206. The highest BCUT2D eigenvalue weighted by Crippen LogP contribution is 2.36. The number of fused-ring (bicyclic) bond motifs is 1. The first kappa shape index (κ1) is 10.7. The first-order valence-electron chi connectivity index (χ1n) is 5.45. The van der Waals surface area contributed by atoms with Crippen LogP contribution < -0.4 is 0 Å². The van der Waals surface area contributed by atoms with Crippen molar-refractivity contribution in [3.05, 3.63) is 29.7 Å². The van der Waals surface area contributed by atoms with E-state index >= 15 is 0 Å². The Morgan fingerprint density at radius 1 is 1.06 bits per heavy atom. The van der Waals surface area contributed by atoms with Gasteiger partial charge in [-0.3, -0.25) is 0 Å². The lowest BCUT2D eigenvalue weighted by molar-refractivity contribution is 0.393. The number of phenols is 2. The van der Waals surface area contributed by atoms with Crippen LogP contribution >= 0.6 is 0 Å². The van der Waals surface area contributed by atoms with Crippen molar-refractivity contribution in [2.75, 3.05) is 0 Å². The summed E-state index contributed by atoms with van der Waals surface area (Å²) in [5.41, 5.74) is 2.03. The SMILES string of the molecule is Cc1noc(C)c1-c1cc2cc(O)c(O)cc2o1. The summed E-state index contributed by atoms with van der Waals surface area (Å²) in [5, 5.41) is 23.4. The number of benzene rings is 1. The highest BCUT2D eigenvalue weighted by atomic mass is 16.5. The molecule has 3 rings (SSSR count). The fourth-order valence-electron chi connectivity index (χ4n) is 2.02. The summed E-state index contributed by atoms with van der Waals surface area (Å²) in [6, 6.07) is 4.61. The first-order chi connectivity index (χ1) is 8.56. The van der Waals surface area contributed by atoms with Gasteiger partial charge in [-0.25, -0.2) is 0 Å². The third-order valence-corrected chi connectivity index (χ3v) is 2.89. The maximum atomic E-state index is 9.44. The zero-order valence-electron chi connectivity index (χ0n) is 9.89. The molecule has 0 saturated carbocycles. The summed E-state index contributed by atoms with van der Waals surface area (Å²) in [7, 11) is 0. The molecule has 0 saturated heterocycles. The minimum absolute atomic E-state index is 0.173. The van der Waals surface area contributed by atoms with E-state index in [2.05, 4.69) is 5.16 Å². The molecule has 2 aromatic heterocycles. The Labute approximate surface area is 102 Å². The maximum Gasteiger partial charge on any atom is 0.161 e. The van der Waals surface area contributed by atoms with Gasteiger partial charge in [0, 0.05) is 11.5 Å². The molecule has 0 amide bonds. The monoisotopic (exact) mass is 245 g/mol. The number of phenolic OH excluding ortho intramolecular Hbond substituents is 2. The highest BCUT2D eigenvalue weighted by Gasteiger charge is 2.16. The summed E-state index contributed by atoms with van der Waals surface area (Å²) in [6.07, 6.45) is 0. The summed E-state index contributed by atoms with van der Waals surface area (Å²) >= 11 is 0. The number of aryl methyl sites for hydroxylation is 2. The van der Waals surface area contributed by atoms with Crippen LogP contribution in [0, 0.1) is 13.8 Å². The number of nitrogens with zero attached hydrogens (tertiary/aromatic N) is 1. The Morgan fingerprint density at radius 3 is 2.44 bits per heavy atom. The van der Waals surface area contributed by atoms with Gasteiger partial charge in [0.2, 0.25) is 0 Å². The maximum absolute atomic E-state index is 9.44. The number of aromatic nitrogens is 1. The lowest BCUT2D eigenvalue weighted by Gasteiger charge is -1.95. The molecule has 0 aliphatic rings. The molecule has 2 N–H and O–H groups in total. The molecule has 0 aliphatic heterocycles. The van der Waals surface area contributed by atoms with Gasteiger partial charge in [-0.15, -0.1) is 0 Å². The lowest BCUT2D eigenvalue weighted by Crippen LogP contribution is -1.77. The van der Waals surface area contributed by atoms with Gasteiger partial charge in [0.05, 0.1) is 11.3 Å². The van der Waals surface area contributed by atoms with Crippen LogP contribution in [-0.4, -0.2) is 15.4 Å². The van der Waals surface area contributed by atoms with Gasteiger partial charge in [0.15, 0.2) is 11.5 Å². The van der Waals surface area contributed by atoms with Gasteiger partial charge in [0.25, 0.3) is 0 Å². The van der Waals surface area contributed by atoms with Gasteiger partial charge < -0.3 is 19.2 Å². The van der Waals surface area contributed by atoms with E-state index in [-0.39, 0.29) is 11.5 Å². The van der Waals surface area contributed by atoms with E-state index in [9.17, 15) is 10.2 Å². The summed E-state index contributed by atoms with van der Waals surface area (Å²) in [6.45, 7) is 3.63. The average molecular weight is 245 g/mol. The standard InChI is InChI=1S/C13H11NO4/c1-6-13(7(2)18-14-6)12-4-8-3-9(15)10(16)5-11(8)17-12/h3-5,15-16H,1-2H3. The predicted molar refractivity (Wildman–Crippen MR) is 64.5 cm³/mol. The molecule has 5 nitrogen and oxygen atoms in total. The van der Waals surface area contributed by atoms with Crippen LogP contribution in [0.15, 0.2) is 27.1 Å². The van der Waals surface area contributed by atoms with E-state index in [1.54, 1.807) is 13.0 Å². The van der Waals surface area contributed by atoms with E-state index in [0.717, 1.165) is 11.3 Å². The van der Waals surface area contributed by atoms with Gasteiger partial charge in [0.1, 0.15) is 17.1 Å². The van der Waals surface area contributed by atoms with Crippen LogP contribution in [0.3, 0.4) is 0 Å². The van der Waals surface area contributed by atoms with Crippen molar-refractivity contribution in [2.24, 2.45) is 0 Å². The van der Waals surface area contributed by atoms with Crippen molar-refractivity contribution in [3.63, 3.8) is 0 Å². The zero-order valence-corrected chi connectivity index (χ0v) is 9.89. The smallest absolute Gasteiger partial charge is 0.161 e. The molecule has 18 heavy (non-hydrogen) atoms. The first-order valence-corrected chi connectivity index (χ1v) is 5.45. The van der Waals surface area contributed by atoms with Gasteiger partial charge in [-0.1, -0.05) is 5.16 Å². The molecule has 0 bridgehead atoms. The molecule has 0 aliphatic carbocycles. The number of rotatable bonds is 1. The van der Waals surface area contributed by atoms with Crippen molar-refractivity contribution in [3.8, 4) is 22.8 Å². The molecule has 0 unspecified atom stereocenters. The third-order valence-electron chi connectivity index (χ3n) is 2.89. The van der Waals surface area contributed by atoms with Crippen LogP contribution in [0.25, 0.3) is 22.3 Å². The Hall–Kier alpha value is -2.43. The summed E-state index contributed by atoms with van der Waals surface area (Å²) < 4.78 is 10.7. The van der Waals surface area contributed by atoms with E-state index in [1.165, 1.54) is 12.1 Å². The number of hydrogen-bond donors (Lipinski definition) is 2. The molecule has 2 heterocycles. The second kappa shape index (κ2) is 3.53. The second-order valence-electron chi connectivity index (χ2n) is 4.19. The molecule has 3 aromatic rings. The molecule has 0 radical (unpaired) electrons. The normalized spacial score (nSPS) is 11.2. The van der Waals surface area contributed by atoms with Crippen LogP contribution in [0.5, 0.6) is 11.5 Å². The molecular weight excluding hydrogens is 234 g/mol. The Balaban J connectivity index is 2.26. The van der Waals surface area contributed by atoms with Crippen molar-refractivity contribution in [2.45, 2.75) is 13.8 Å². The van der Waals surface area contributed by atoms with E-state index in [1.807, 2.05) is 6.92 Å². The van der Waals surface area contributed by atoms with Crippen molar-refractivity contribution < 1.29 is 19.2 Å². The lowest BCUT2D eigenvalue weighted by atomic mass is 10.1. The summed E-state index contributed by atoms with van der Waals surface area (Å²) in [5.74, 6) is 0.891. The van der Waals surface area contributed by atoms with Crippen molar-refractivity contribution in [1.82, 2.24) is 5.16 Å². The van der Waals surface area contributed by atoms with E-state index < -0.39 is 0 Å². The fraction of sp³-hybridized carbons (Fsp3) is 0.154. The van der Waals surface area contributed by atoms with Crippen molar-refractivity contribution in [1.29, 1.82) is 0 Å². The molecule has 92 valence electrons. The number of hydrogen-bond acceptors (Lipinski definition) is 5. The Bertz CT molecular complexity index is 680. The van der Waals surface area contributed by atoms with Crippen molar-refractivity contribution >= 4 is 11.0 Å². The van der Waals surface area contributed by atoms with Gasteiger partial charge >= 0.3 is 0 Å².